The van der Waals surface area contributed by atoms with Crippen LogP contribution in [0.4, 0.5) is 0 Å². The van der Waals surface area contributed by atoms with Gasteiger partial charge in [0.1, 0.15) is 5.76 Å². The number of rotatable bonds is 1. The van der Waals surface area contributed by atoms with E-state index in [0.29, 0.717) is 0 Å². The fourth-order valence-electron chi connectivity index (χ4n) is 1.81. The number of aromatic nitrogens is 4. The summed E-state index contributed by atoms with van der Waals surface area (Å²) in [5.74, 6) is 2.76. The first-order chi connectivity index (χ1) is 7.27. The molecule has 2 aromatic heterocycles. The zero-order chi connectivity index (χ0) is 10.4. The van der Waals surface area contributed by atoms with Crippen molar-refractivity contribution >= 4 is 11.8 Å². The molecule has 0 atom stereocenters. The molecule has 0 saturated heterocycles. The molecule has 78 valence electrons. The van der Waals surface area contributed by atoms with Gasteiger partial charge in [0.05, 0.1) is 11.3 Å². The highest BCUT2D eigenvalue weighted by atomic mass is 32.2. The van der Waals surface area contributed by atoms with Gasteiger partial charge in [-0.2, -0.15) is 0 Å². The van der Waals surface area contributed by atoms with Crippen molar-refractivity contribution in [1.82, 2.24) is 19.9 Å². The first kappa shape index (κ1) is 8.96. The maximum atomic E-state index is 5.14. The highest BCUT2D eigenvalue weighted by molar-refractivity contribution is 7.99. The van der Waals surface area contributed by atoms with E-state index in [9.17, 15) is 0 Å². The minimum absolute atomic E-state index is 0.805. The predicted octanol–water partition coefficient (Wildman–Crippen LogP) is 1.66. The third-order valence-electron chi connectivity index (χ3n) is 2.52. The molecule has 1 aliphatic rings. The molecular formula is C9H10N4OS. The lowest BCUT2D eigenvalue weighted by molar-refractivity contribution is 0.393. The van der Waals surface area contributed by atoms with Gasteiger partial charge in [-0.25, -0.2) is 0 Å². The van der Waals surface area contributed by atoms with E-state index in [-0.39, 0.29) is 0 Å². The molecule has 15 heavy (non-hydrogen) atoms. The summed E-state index contributed by atoms with van der Waals surface area (Å²) < 4.78 is 7.26. The first-order valence-corrected chi connectivity index (χ1v) is 5.75. The first-order valence-electron chi connectivity index (χ1n) is 4.76. The van der Waals surface area contributed by atoms with Crippen molar-refractivity contribution in [2.24, 2.45) is 0 Å². The van der Waals surface area contributed by atoms with E-state index in [4.69, 9.17) is 4.52 Å². The molecule has 0 fully saturated rings. The molecule has 3 rings (SSSR count). The van der Waals surface area contributed by atoms with Crippen LogP contribution in [0.15, 0.2) is 9.68 Å². The van der Waals surface area contributed by atoms with Gasteiger partial charge in [-0.05, 0) is 13.8 Å². The van der Waals surface area contributed by atoms with Gasteiger partial charge in [-0.1, -0.05) is 16.9 Å². The summed E-state index contributed by atoms with van der Waals surface area (Å²) >= 11 is 1.74. The van der Waals surface area contributed by atoms with Crippen LogP contribution in [0.2, 0.25) is 0 Å². The van der Waals surface area contributed by atoms with E-state index < -0.39 is 0 Å². The van der Waals surface area contributed by atoms with E-state index in [1.807, 2.05) is 13.8 Å². The molecule has 0 aliphatic carbocycles. The minimum atomic E-state index is 0.805. The van der Waals surface area contributed by atoms with Crippen molar-refractivity contribution in [3.05, 3.63) is 11.5 Å². The Balaban J connectivity index is 2.21. The molecule has 0 amide bonds. The molecular weight excluding hydrogens is 212 g/mol. The van der Waals surface area contributed by atoms with Crippen molar-refractivity contribution in [2.75, 3.05) is 5.75 Å². The Morgan fingerprint density at radius 3 is 2.93 bits per heavy atom. The Morgan fingerprint density at radius 2 is 2.20 bits per heavy atom. The molecule has 3 heterocycles. The highest BCUT2D eigenvalue weighted by Crippen LogP contribution is 2.32. The van der Waals surface area contributed by atoms with Crippen LogP contribution >= 0.6 is 11.8 Å². The zero-order valence-electron chi connectivity index (χ0n) is 8.52. The van der Waals surface area contributed by atoms with Crippen molar-refractivity contribution in [3.8, 4) is 11.4 Å². The number of nitrogens with zero attached hydrogens (tertiary/aromatic N) is 4. The monoisotopic (exact) mass is 222 g/mol. The lowest BCUT2D eigenvalue weighted by Gasteiger charge is -2.00. The van der Waals surface area contributed by atoms with Crippen molar-refractivity contribution < 1.29 is 4.52 Å². The lowest BCUT2D eigenvalue weighted by atomic mass is 10.2. The largest absolute Gasteiger partial charge is 0.361 e. The molecule has 1 aliphatic heterocycles. The summed E-state index contributed by atoms with van der Waals surface area (Å²) in [4.78, 5) is 0. The number of fused-ring (bicyclic) bond motifs is 1. The Kier molecular flexibility index (Phi) is 1.85. The Labute approximate surface area is 90.9 Å². The summed E-state index contributed by atoms with van der Waals surface area (Å²) in [6.45, 7) is 4.79. The third-order valence-corrected chi connectivity index (χ3v) is 3.47. The summed E-state index contributed by atoms with van der Waals surface area (Å²) in [5.41, 5.74) is 1.86. The quantitative estimate of drug-likeness (QED) is 0.734. The molecule has 0 spiro atoms. The normalized spacial score (nSPS) is 14.5. The van der Waals surface area contributed by atoms with Gasteiger partial charge in [-0.15, -0.1) is 10.2 Å². The molecule has 0 saturated carbocycles. The maximum Gasteiger partial charge on any atom is 0.191 e. The van der Waals surface area contributed by atoms with Gasteiger partial charge < -0.3 is 9.09 Å². The number of aryl methyl sites for hydroxylation is 2. The molecule has 0 radical (unpaired) electrons. The minimum Gasteiger partial charge on any atom is -0.361 e. The standard InChI is InChI=1S/C9H10N4OS/c1-5-7(6(2)14-12-5)8-10-11-9-13(8)3-4-15-9/h3-4H2,1-2H3. The SMILES string of the molecule is Cc1noc(C)c1-c1nnc2n1CCS2. The number of thioether (sulfide) groups is 1. The number of hydrogen-bond acceptors (Lipinski definition) is 5. The molecule has 0 aromatic carbocycles. The van der Waals surface area contributed by atoms with E-state index in [2.05, 4.69) is 19.9 Å². The van der Waals surface area contributed by atoms with E-state index in [0.717, 1.165) is 40.3 Å². The highest BCUT2D eigenvalue weighted by Gasteiger charge is 2.23. The summed E-state index contributed by atoms with van der Waals surface area (Å²) in [7, 11) is 0. The van der Waals surface area contributed by atoms with E-state index in [1.54, 1.807) is 11.8 Å². The fourth-order valence-corrected chi connectivity index (χ4v) is 2.70. The Morgan fingerprint density at radius 1 is 1.33 bits per heavy atom. The van der Waals surface area contributed by atoms with E-state index in [1.165, 1.54) is 0 Å². The van der Waals surface area contributed by atoms with E-state index >= 15 is 0 Å². The topological polar surface area (TPSA) is 56.7 Å². The average Bonchev–Trinajstić information content (AvgIpc) is 2.84. The molecule has 0 bridgehead atoms. The smallest absolute Gasteiger partial charge is 0.191 e. The molecule has 5 nitrogen and oxygen atoms in total. The van der Waals surface area contributed by atoms with Crippen molar-refractivity contribution in [3.63, 3.8) is 0 Å². The van der Waals surface area contributed by atoms with Crippen molar-refractivity contribution in [2.45, 2.75) is 25.5 Å². The summed E-state index contributed by atoms with van der Waals surface area (Å²) in [6.07, 6.45) is 0. The number of hydrogen-bond donors (Lipinski definition) is 0. The van der Waals surface area contributed by atoms with Crippen LogP contribution in [0.3, 0.4) is 0 Å². The van der Waals surface area contributed by atoms with Crippen LogP contribution < -0.4 is 0 Å². The molecule has 2 aromatic rings. The van der Waals surface area contributed by atoms with Gasteiger partial charge in [0.2, 0.25) is 0 Å². The van der Waals surface area contributed by atoms with Crippen LogP contribution in [0.1, 0.15) is 11.5 Å². The lowest BCUT2D eigenvalue weighted by Crippen LogP contribution is -1.98. The Bertz CT molecular complexity index is 497. The molecule has 6 heteroatoms. The van der Waals surface area contributed by atoms with Gasteiger partial charge in [0.25, 0.3) is 0 Å². The Hall–Kier alpha value is -1.30. The third kappa shape index (κ3) is 1.21. The average molecular weight is 222 g/mol. The molecule has 0 unspecified atom stereocenters. The maximum absolute atomic E-state index is 5.14. The molecule has 0 N–H and O–H groups in total. The van der Waals surface area contributed by atoms with Crippen LogP contribution in [-0.2, 0) is 6.54 Å². The van der Waals surface area contributed by atoms with Crippen LogP contribution in [0.5, 0.6) is 0 Å². The van der Waals surface area contributed by atoms with Gasteiger partial charge >= 0.3 is 0 Å². The van der Waals surface area contributed by atoms with Gasteiger partial charge in [-0.3, -0.25) is 0 Å². The predicted molar refractivity (Wildman–Crippen MR) is 55.7 cm³/mol. The van der Waals surface area contributed by atoms with Crippen molar-refractivity contribution in [1.29, 1.82) is 0 Å². The summed E-state index contributed by atoms with van der Waals surface area (Å²) in [6, 6.07) is 0. The van der Waals surface area contributed by atoms with Gasteiger partial charge in [0, 0.05) is 12.3 Å². The van der Waals surface area contributed by atoms with Crippen LogP contribution in [0.25, 0.3) is 11.4 Å². The van der Waals surface area contributed by atoms with Crippen LogP contribution in [-0.4, -0.2) is 25.7 Å². The van der Waals surface area contributed by atoms with Crippen LogP contribution in [0, 0.1) is 13.8 Å². The van der Waals surface area contributed by atoms with Gasteiger partial charge in [0.15, 0.2) is 11.0 Å². The fraction of sp³-hybridized carbons (Fsp3) is 0.444. The second kappa shape index (κ2) is 3.10. The zero-order valence-corrected chi connectivity index (χ0v) is 9.34. The second-order valence-corrected chi connectivity index (χ2v) is 4.57. The second-order valence-electron chi connectivity index (χ2n) is 3.51. The summed E-state index contributed by atoms with van der Waals surface area (Å²) in [5, 5.41) is 13.3.